The Hall–Kier alpha value is -3.12. The van der Waals surface area contributed by atoms with E-state index in [2.05, 4.69) is 5.32 Å². The fourth-order valence-electron chi connectivity index (χ4n) is 2.90. The summed E-state index contributed by atoms with van der Waals surface area (Å²) in [7, 11) is 0. The lowest BCUT2D eigenvalue weighted by Gasteiger charge is -2.26. The monoisotopic (exact) mass is 380 g/mol. The molecule has 0 bridgehead atoms. The third-order valence-electron chi connectivity index (χ3n) is 4.33. The van der Waals surface area contributed by atoms with Gasteiger partial charge in [-0.2, -0.15) is 0 Å². The molecular formula is C22H24N2O4. The lowest BCUT2D eigenvalue weighted by Crippen LogP contribution is -2.40. The van der Waals surface area contributed by atoms with Crippen LogP contribution in [0.3, 0.4) is 0 Å². The third-order valence-corrected chi connectivity index (χ3v) is 4.33. The molecule has 2 amide bonds. The Morgan fingerprint density at radius 2 is 1.82 bits per heavy atom. The minimum atomic E-state index is -0.251. The van der Waals surface area contributed by atoms with E-state index in [1.807, 2.05) is 31.2 Å². The van der Waals surface area contributed by atoms with Crippen LogP contribution in [0.25, 0.3) is 6.08 Å². The van der Waals surface area contributed by atoms with Crippen molar-refractivity contribution in [3.63, 3.8) is 0 Å². The number of carbonyl (C=O) groups excluding carboxylic acids is 2. The van der Waals surface area contributed by atoms with Crippen LogP contribution in [0.2, 0.25) is 0 Å². The molecule has 3 rings (SSSR count). The van der Waals surface area contributed by atoms with Gasteiger partial charge in [0, 0.05) is 36.0 Å². The predicted octanol–water partition coefficient (Wildman–Crippen LogP) is 3.21. The highest BCUT2D eigenvalue weighted by Gasteiger charge is 2.18. The Morgan fingerprint density at radius 3 is 2.54 bits per heavy atom. The molecule has 0 aromatic heterocycles. The van der Waals surface area contributed by atoms with Crippen LogP contribution < -0.4 is 10.1 Å². The zero-order chi connectivity index (χ0) is 19.8. The van der Waals surface area contributed by atoms with E-state index in [0.717, 1.165) is 11.3 Å². The smallest absolute Gasteiger partial charge is 0.254 e. The number of nitrogens with one attached hydrogen (secondary N) is 1. The van der Waals surface area contributed by atoms with Gasteiger partial charge in [0.2, 0.25) is 5.91 Å². The second kappa shape index (κ2) is 9.71. The second-order valence-corrected chi connectivity index (χ2v) is 6.28. The molecule has 0 spiro atoms. The Balaban J connectivity index is 1.59. The van der Waals surface area contributed by atoms with E-state index in [4.69, 9.17) is 9.47 Å². The summed E-state index contributed by atoms with van der Waals surface area (Å²) in [4.78, 5) is 26.4. The van der Waals surface area contributed by atoms with Gasteiger partial charge in [0.1, 0.15) is 5.75 Å². The van der Waals surface area contributed by atoms with Crippen molar-refractivity contribution < 1.29 is 19.1 Å². The standard InChI is InChI=1S/C22H24N2O4/c1-2-28-20-6-4-3-5-17(20)9-12-21(25)23-19-10-7-18(8-11-19)22(26)24-13-15-27-16-14-24/h3-12H,2,13-16H2,1H3,(H,23,25)/b12-9+. The summed E-state index contributed by atoms with van der Waals surface area (Å²) in [5.74, 6) is 0.465. The van der Waals surface area contributed by atoms with Crippen molar-refractivity contribution in [2.75, 3.05) is 38.2 Å². The summed E-state index contributed by atoms with van der Waals surface area (Å²) < 4.78 is 10.8. The molecule has 28 heavy (non-hydrogen) atoms. The number of nitrogens with zero attached hydrogens (tertiary/aromatic N) is 1. The molecule has 2 aromatic carbocycles. The van der Waals surface area contributed by atoms with Crippen LogP contribution in [-0.2, 0) is 9.53 Å². The van der Waals surface area contributed by atoms with Crippen LogP contribution in [0, 0.1) is 0 Å². The van der Waals surface area contributed by atoms with E-state index < -0.39 is 0 Å². The first-order valence-corrected chi connectivity index (χ1v) is 9.35. The van der Waals surface area contributed by atoms with Crippen LogP contribution in [0.4, 0.5) is 5.69 Å². The summed E-state index contributed by atoms with van der Waals surface area (Å²) in [5, 5.41) is 2.80. The summed E-state index contributed by atoms with van der Waals surface area (Å²) in [6, 6.07) is 14.4. The van der Waals surface area contributed by atoms with Crippen LogP contribution in [0.5, 0.6) is 5.75 Å². The molecule has 6 heteroatoms. The highest BCUT2D eigenvalue weighted by Crippen LogP contribution is 2.19. The van der Waals surface area contributed by atoms with Crippen LogP contribution >= 0.6 is 0 Å². The fraction of sp³-hybridized carbons (Fsp3) is 0.273. The van der Waals surface area contributed by atoms with Gasteiger partial charge in [-0.1, -0.05) is 18.2 Å². The summed E-state index contributed by atoms with van der Waals surface area (Å²) in [5.41, 5.74) is 2.07. The zero-order valence-corrected chi connectivity index (χ0v) is 15.9. The van der Waals surface area contributed by atoms with E-state index >= 15 is 0 Å². The topological polar surface area (TPSA) is 67.9 Å². The Bertz CT molecular complexity index is 840. The summed E-state index contributed by atoms with van der Waals surface area (Å²) in [6.07, 6.45) is 3.18. The molecule has 0 unspecified atom stereocenters. The number of carbonyl (C=O) groups is 2. The second-order valence-electron chi connectivity index (χ2n) is 6.28. The largest absolute Gasteiger partial charge is 0.493 e. The van der Waals surface area contributed by atoms with Crippen molar-refractivity contribution >= 4 is 23.6 Å². The Labute approximate surface area is 164 Å². The number of amides is 2. The van der Waals surface area contributed by atoms with E-state index in [0.29, 0.717) is 44.2 Å². The maximum absolute atomic E-state index is 12.4. The molecule has 1 aliphatic rings. The predicted molar refractivity (Wildman–Crippen MR) is 108 cm³/mol. The van der Waals surface area contributed by atoms with Crippen molar-refractivity contribution in [2.45, 2.75) is 6.92 Å². The first-order chi connectivity index (χ1) is 13.7. The van der Waals surface area contributed by atoms with Crippen LogP contribution in [0.15, 0.2) is 54.6 Å². The van der Waals surface area contributed by atoms with Gasteiger partial charge >= 0.3 is 0 Å². The summed E-state index contributed by atoms with van der Waals surface area (Å²) >= 11 is 0. The molecule has 0 atom stereocenters. The normalized spacial score (nSPS) is 14.1. The maximum Gasteiger partial charge on any atom is 0.254 e. The lowest BCUT2D eigenvalue weighted by atomic mass is 10.1. The molecule has 1 heterocycles. The molecule has 1 saturated heterocycles. The van der Waals surface area contributed by atoms with Crippen LogP contribution in [0.1, 0.15) is 22.8 Å². The fourth-order valence-corrected chi connectivity index (χ4v) is 2.90. The SMILES string of the molecule is CCOc1ccccc1/C=C/C(=O)Nc1ccc(C(=O)N2CCOCC2)cc1. The summed E-state index contributed by atoms with van der Waals surface area (Å²) in [6.45, 7) is 4.82. The molecular weight excluding hydrogens is 356 g/mol. The molecule has 0 radical (unpaired) electrons. The molecule has 0 aliphatic carbocycles. The average Bonchev–Trinajstić information content (AvgIpc) is 2.74. The van der Waals surface area contributed by atoms with Gasteiger partial charge in [0.05, 0.1) is 19.8 Å². The number of rotatable bonds is 6. The first kappa shape index (κ1) is 19.6. The van der Waals surface area contributed by atoms with Gasteiger partial charge in [-0.3, -0.25) is 9.59 Å². The van der Waals surface area contributed by atoms with Gasteiger partial charge in [-0.15, -0.1) is 0 Å². The minimum absolute atomic E-state index is 0.0198. The highest BCUT2D eigenvalue weighted by molar-refractivity contribution is 6.02. The molecule has 146 valence electrons. The third kappa shape index (κ3) is 5.20. The molecule has 1 fully saturated rings. The molecule has 1 aliphatic heterocycles. The highest BCUT2D eigenvalue weighted by atomic mass is 16.5. The quantitative estimate of drug-likeness (QED) is 0.782. The first-order valence-electron chi connectivity index (χ1n) is 9.35. The van der Waals surface area contributed by atoms with Gasteiger partial charge in [-0.25, -0.2) is 0 Å². The number of para-hydroxylation sites is 1. The minimum Gasteiger partial charge on any atom is -0.493 e. The zero-order valence-electron chi connectivity index (χ0n) is 15.9. The maximum atomic E-state index is 12.4. The van der Waals surface area contributed by atoms with E-state index in [1.54, 1.807) is 35.2 Å². The Morgan fingerprint density at radius 1 is 1.11 bits per heavy atom. The number of morpholine rings is 1. The van der Waals surface area contributed by atoms with E-state index in [9.17, 15) is 9.59 Å². The van der Waals surface area contributed by atoms with Gasteiger partial charge in [0.25, 0.3) is 5.91 Å². The van der Waals surface area contributed by atoms with Crippen molar-refractivity contribution in [1.29, 1.82) is 0 Å². The number of hydrogen-bond acceptors (Lipinski definition) is 4. The van der Waals surface area contributed by atoms with Crippen molar-refractivity contribution in [2.24, 2.45) is 0 Å². The van der Waals surface area contributed by atoms with Gasteiger partial charge in [0.15, 0.2) is 0 Å². The number of hydrogen-bond donors (Lipinski definition) is 1. The molecule has 1 N–H and O–H groups in total. The molecule has 6 nitrogen and oxygen atoms in total. The number of benzene rings is 2. The van der Waals surface area contributed by atoms with Crippen molar-refractivity contribution in [3.8, 4) is 5.75 Å². The molecule has 2 aromatic rings. The Kier molecular flexibility index (Phi) is 6.81. The van der Waals surface area contributed by atoms with Gasteiger partial charge < -0.3 is 19.7 Å². The van der Waals surface area contributed by atoms with E-state index in [-0.39, 0.29) is 11.8 Å². The lowest BCUT2D eigenvalue weighted by molar-refractivity contribution is -0.111. The number of anilines is 1. The van der Waals surface area contributed by atoms with Crippen molar-refractivity contribution in [1.82, 2.24) is 4.90 Å². The van der Waals surface area contributed by atoms with Gasteiger partial charge in [-0.05, 0) is 43.3 Å². The average molecular weight is 380 g/mol. The van der Waals surface area contributed by atoms with Crippen LogP contribution in [-0.4, -0.2) is 49.6 Å². The van der Waals surface area contributed by atoms with Crippen molar-refractivity contribution in [3.05, 3.63) is 65.7 Å². The molecule has 0 saturated carbocycles. The number of ether oxygens (including phenoxy) is 2. The van der Waals surface area contributed by atoms with E-state index in [1.165, 1.54) is 6.08 Å².